The summed E-state index contributed by atoms with van der Waals surface area (Å²) in [4.78, 5) is 14.6. The van der Waals surface area contributed by atoms with Crippen LogP contribution in [0.15, 0.2) is 47.4 Å². The molecule has 1 amide bonds. The number of ether oxygens (including phenoxy) is 2. The number of hydrogen-bond acceptors (Lipinski definition) is 6. The van der Waals surface area contributed by atoms with Gasteiger partial charge < -0.3 is 14.8 Å². The van der Waals surface area contributed by atoms with Crippen LogP contribution in [0.5, 0.6) is 11.5 Å². The molecule has 4 rings (SSSR count). The van der Waals surface area contributed by atoms with Crippen molar-refractivity contribution in [1.82, 2.24) is 9.21 Å². The number of nitrogens with zero attached hydrogens (tertiary/aromatic N) is 2. The molecule has 1 fully saturated rings. The molecule has 0 aliphatic carbocycles. The summed E-state index contributed by atoms with van der Waals surface area (Å²) in [6.45, 7) is 7.17. The molecule has 0 atom stereocenters. The number of amides is 1. The maximum atomic E-state index is 13.1. The van der Waals surface area contributed by atoms with Gasteiger partial charge in [-0.3, -0.25) is 9.69 Å². The van der Waals surface area contributed by atoms with Crippen molar-refractivity contribution >= 4 is 21.6 Å². The number of sulfonamides is 1. The normalized spacial score (nSPS) is 17.5. The highest BCUT2D eigenvalue weighted by Crippen LogP contribution is 2.33. The molecular formula is C24H31N3O5S. The SMILES string of the molecule is CC(C)c1ccc(NC(=O)CN2CCN(S(=O)(=O)c3ccc4c(c3)OCCCO4)CC2)cc1. The predicted octanol–water partition coefficient (Wildman–Crippen LogP) is 2.92. The molecule has 8 nitrogen and oxygen atoms in total. The Kier molecular flexibility index (Phi) is 7.21. The smallest absolute Gasteiger partial charge is 0.243 e. The zero-order valence-electron chi connectivity index (χ0n) is 19.1. The maximum Gasteiger partial charge on any atom is 0.243 e. The van der Waals surface area contributed by atoms with Gasteiger partial charge in [-0.05, 0) is 35.7 Å². The molecule has 33 heavy (non-hydrogen) atoms. The van der Waals surface area contributed by atoms with Gasteiger partial charge in [-0.2, -0.15) is 4.31 Å². The van der Waals surface area contributed by atoms with E-state index in [1.165, 1.54) is 9.87 Å². The monoisotopic (exact) mass is 473 g/mol. The standard InChI is InChI=1S/C24H31N3O5S/c1-18(2)19-4-6-20(7-5-19)25-24(28)17-26-10-12-27(13-11-26)33(29,30)21-8-9-22-23(16-21)32-15-3-14-31-22/h4-9,16,18H,3,10-15,17H2,1-2H3,(H,25,28). The summed E-state index contributed by atoms with van der Waals surface area (Å²) in [5.74, 6) is 1.37. The number of benzene rings is 2. The van der Waals surface area contributed by atoms with Crippen LogP contribution in [-0.2, 0) is 14.8 Å². The molecule has 0 bridgehead atoms. The summed E-state index contributed by atoms with van der Waals surface area (Å²) in [7, 11) is -3.65. The predicted molar refractivity (Wildman–Crippen MR) is 126 cm³/mol. The van der Waals surface area contributed by atoms with Gasteiger partial charge in [0.15, 0.2) is 11.5 Å². The first-order chi connectivity index (χ1) is 15.8. The number of hydrogen-bond donors (Lipinski definition) is 1. The summed E-state index contributed by atoms with van der Waals surface area (Å²) < 4.78 is 39.0. The van der Waals surface area contributed by atoms with Crippen LogP contribution in [0.2, 0.25) is 0 Å². The number of piperazine rings is 1. The summed E-state index contributed by atoms with van der Waals surface area (Å²) in [6, 6.07) is 12.6. The van der Waals surface area contributed by atoms with Crippen LogP contribution in [0.4, 0.5) is 5.69 Å². The third-order valence-electron chi connectivity index (χ3n) is 5.92. The Bertz CT molecular complexity index is 1080. The van der Waals surface area contributed by atoms with Crippen LogP contribution in [0.3, 0.4) is 0 Å². The van der Waals surface area contributed by atoms with E-state index in [4.69, 9.17) is 9.47 Å². The molecule has 2 aliphatic heterocycles. The Morgan fingerprint density at radius 2 is 1.64 bits per heavy atom. The molecule has 2 heterocycles. The van der Waals surface area contributed by atoms with Crippen LogP contribution in [0.25, 0.3) is 0 Å². The minimum absolute atomic E-state index is 0.105. The van der Waals surface area contributed by atoms with Gasteiger partial charge in [-0.15, -0.1) is 0 Å². The molecule has 2 aliphatic rings. The van der Waals surface area contributed by atoms with Gasteiger partial charge in [0.2, 0.25) is 15.9 Å². The Morgan fingerprint density at radius 1 is 0.970 bits per heavy atom. The zero-order valence-corrected chi connectivity index (χ0v) is 19.9. The molecule has 1 N–H and O–H groups in total. The van der Waals surface area contributed by atoms with E-state index >= 15 is 0 Å². The lowest BCUT2D eigenvalue weighted by Gasteiger charge is -2.33. The highest BCUT2D eigenvalue weighted by atomic mass is 32.2. The van der Waals surface area contributed by atoms with E-state index in [-0.39, 0.29) is 17.3 Å². The summed E-state index contributed by atoms with van der Waals surface area (Å²) in [5, 5.41) is 2.92. The fourth-order valence-corrected chi connectivity index (χ4v) is 5.37. The van der Waals surface area contributed by atoms with Crippen LogP contribution in [0.1, 0.15) is 31.7 Å². The number of nitrogens with one attached hydrogen (secondary N) is 1. The number of carbonyl (C=O) groups is 1. The van der Waals surface area contributed by atoms with Crippen LogP contribution >= 0.6 is 0 Å². The van der Waals surface area contributed by atoms with Crippen molar-refractivity contribution in [1.29, 1.82) is 0 Å². The minimum Gasteiger partial charge on any atom is -0.490 e. The molecule has 2 aromatic rings. The summed E-state index contributed by atoms with van der Waals surface area (Å²) >= 11 is 0. The first kappa shape index (κ1) is 23.5. The van der Waals surface area contributed by atoms with Crippen molar-refractivity contribution in [2.45, 2.75) is 31.1 Å². The van der Waals surface area contributed by atoms with Gasteiger partial charge in [-0.25, -0.2) is 8.42 Å². The molecule has 0 spiro atoms. The maximum absolute atomic E-state index is 13.1. The highest BCUT2D eigenvalue weighted by molar-refractivity contribution is 7.89. The lowest BCUT2D eigenvalue weighted by atomic mass is 10.0. The quantitative estimate of drug-likeness (QED) is 0.694. The van der Waals surface area contributed by atoms with Gasteiger partial charge >= 0.3 is 0 Å². The van der Waals surface area contributed by atoms with Gasteiger partial charge in [0.1, 0.15) is 0 Å². The van der Waals surface area contributed by atoms with E-state index in [0.29, 0.717) is 56.8 Å². The summed E-state index contributed by atoms with van der Waals surface area (Å²) in [5.41, 5.74) is 1.99. The van der Waals surface area contributed by atoms with E-state index in [9.17, 15) is 13.2 Å². The van der Waals surface area contributed by atoms with Crippen molar-refractivity contribution in [2.24, 2.45) is 0 Å². The van der Waals surface area contributed by atoms with Gasteiger partial charge in [0.05, 0.1) is 24.7 Å². The fraction of sp³-hybridized carbons (Fsp3) is 0.458. The second-order valence-electron chi connectivity index (χ2n) is 8.66. The first-order valence-electron chi connectivity index (χ1n) is 11.3. The third kappa shape index (κ3) is 5.66. The van der Waals surface area contributed by atoms with Gasteiger partial charge in [0, 0.05) is 44.4 Å². The molecule has 0 unspecified atom stereocenters. The Morgan fingerprint density at radius 3 is 2.30 bits per heavy atom. The molecule has 0 radical (unpaired) electrons. The second kappa shape index (κ2) is 10.1. The topological polar surface area (TPSA) is 88.2 Å². The average Bonchev–Trinajstić information content (AvgIpc) is 3.04. The number of carbonyl (C=O) groups excluding carboxylic acids is 1. The van der Waals surface area contributed by atoms with E-state index in [0.717, 1.165) is 12.1 Å². The minimum atomic E-state index is -3.65. The molecule has 0 saturated carbocycles. The lowest BCUT2D eigenvalue weighted by Crippen LogP contribution is -2.50. The van der Waals surface area contributed by atoms with E-state index < -0.39 is 10.0 Å². The Labute approximate surface area is 195 Å². The van der Waals surface area contributed by atoms with Crippen LogP contribution in [0, 0.1) is 0 Å². The summed E-state index contributed by atoms with van der Waals surface area (Å²) in [6.07, 6.45) is 0.759. The largest absolute Gasteiger partial charge is 0.490 e. The Hall–Kier alpha value is -2.62. The lowest BCUT2D eigenvalue weighted by molar-refractivity contribution is -0.117. The van der Waals surface area contributed by atoms with Gasteiger partial charge in [-0.1, -0.05) is 26.0 Å². The van der Waals surface area contributed by atoms with E-state index in [1.54, 1.807) is 18.2 Å². The van der Waals surface area contributed by atoms with Crippen molar-refractivity contribution in [3.63, 3.8) is 0 Å². The molecule has 0 aromatic heterocycles. The van der Waals surface area contributed by atoms with Crippen molar-refractivity contribution < 1.29 is 22.7 Å². The van der Waals surface area contributed by atoms with Crippen molar-refractivity contribution in [3.8, 4) is 11.5 Å². The number of rotatable bonds is 6. The second-order valence-corrected chi connectivity index (χ2v) is 10.6. The third-order valence-corrected chi connectivity index (χ3v) is 7.81. The molecule has 9 heteroatoms. The molecule has 178 valence electrons. The number of fused-ring (bicyclic) bond motifs is 1. The highest BCUT2D eigenvalue weighted by Gasteiger charge is 2.30. The first-order valence-corrected chi connectivity index (χ1v) is 12.8. The fourth-order valence-electron chi connectivity index (χ4n) is 3.94. The van der Waals surface area contributed by atoms with Crippen LogP contribution in [-0.4, -0.2) is 69.5 Å². The van der Waals surface area contributed by atoms with E-state index in [2.05, 4.69) is 19.2 Å². The number of anilines is 1. The van der Waals surface area contributed by atoms with Crippen molar-refractivity contribution in [3.05, 3.63) is 48.0 Å². The van der Waals surface area contributed by atoms with Crippen LogP contribution < -0.4 is 14.8 Å². The van der Waals surface area contributed by atoms with Crippen molar-refractivity contribution in [2.75, 3.05) is 51.3 Å². The molecule has 2 aromatic carbocycles. The molecule has 1 saturated heterocycles. The van der Waals surface area contributed by atoms with E-state index in [1.807, 2.05) is 29.2 Å². The average molecular weight is 474 g/mol. The Balaban J connectivity index is 1.31. The van der Waals surface area contributed by atoms with Gasteiger partial charge in [0.25, 0.3) is 0 Å². The zero-order chi connectivity index (χ0) is 23.4. The molecular weight excluding hydrogens is 442 g/mol.